The van der Waals surface area contributed by atoms with Gasteiger partial charge in [0, 0.05) is 22.3 Å². The van der Waals surface area contributed by atoms with Gasteiger partial charge >= 0.3 is 0 Å². The van der Waals surface area contributed by atoms with Crippen LogP contribution in [0, 0.1) is 0 Å². The lowest BCUT2D eigenvalue weighted by Crippen LogP contribution is -2.31. The maximum Gasteiger partial charge on any atom is 0.164 e. The first-order valence-electron chi connectivity index (χ1n) is 10.1. The van der Waals surface area contributed by atoms with Crippen molar-refractivity contribution in [3.05, 3.63) is 71.4 Å². The first kappa shape index (κ1) is 20.1. The normalized spacial score (nSPS) is 25.0. The van der Waals surface area contributed by atoms with Gasteiger partial charge in [0.2, 0.25) is 0 Å². The lowest BCUT2D eigenvalue weighted by molar-refractivity contribution is -0.0308. The van der Waals surface area contributed by atoms with E-state index in [-0.39, 0.29) is 0 Å². The van der Waals surface area contributed by atoms with Crippen LogP contribution in [0.1, 0.15) is 18.7 Å². The van der Waals surface area contributed by atoms with Gasteiger partial charge in [-0.2, -0.15) is 0 Å². The number of aliphatic imine (C=N–C) groups is 1. The van der Waals surface area contributed by atoms with Crippen LogP contribution in [-0.4, -0.2) is 44.4 Å². The molecule has 8 heteroatoms. The number of rotatable bonds is 4. The highest BCUT2D eigenvalue weighted by Gasteiger charge is 2.42. The summed E-state index contributed by atoms with van der Waals surface area (Å²) in [6, 6.07) is 17.5. The van der Waals surface area contributed by atoms with Crippen molar-refractivity contribution in [2.75, 3.05) is 5.43 Å². The molecule has 0 amide bonds. The summed E-state index contributed by atoms with van der Waals surface area (Å²) in [7, 11) is 0. The smallest absolute Gasteiger partial charge is 0.164 e. The van der Waals surface area contributed by atoms with Crippen molar-refractivity contribution in [3.8, 4) is 11.1 Å². The zero-order chi connectivity index (χ0) is 21.5. The number of nitrogens with one attached hydrogen (secondary N) is 1. The van der Waals surface area contributed by atoms with E-state index >= 15 is 0 Å². The number of aliphatic hydroxyl groups is 2. The number of ether oxygens (including phenoxy) is 1. The van der Waals surface area contributed by atoms with Crippen molar-refractivity contribution in [2.24, 2.45) is 4.99 Å². The lowest BCUT2D eigenvalue weighted by atomic mass is 10.0. The number of fused-ring (bicyclic) bond motifs is 1. The van der Waals surface area contributed by atoms with Crippen molar-refractivity contribution >= 4 is 29.4 Å². The fourth-order valence-corrected chi connectivity index (χ4v) is 4.29. The maximum absolute atomic E-state index is 10.6. The van der Waals surface area contributed by atoms with Crippen LogP contribution in [0.15, 0.2) is 65.8 Å². The van der Waals surface area contributed by atoms with E-state index in [0.29, 0.717) is 17.4 Å². The topological polar surface area (TPSA) is 82.2 Å². The van der Waals surface area contributed by atoms with Gasteiger partial charge in [-0.05, 0) is 30.7 Å². The molecule has 3 heterocycles. The van der Waals surface area contributed by atoms with Gasteiger partial charge in [-0.1, -0.05) is 48.0 Å². The molecule has 1 saturated heterocycles. The average Bonchev–Trinajstić information content (AvgIpc) is 3.27. The first-order chi connectivity index (χ1) is 15.0. The van der Waals surface area contributed by atoms with E-state index in [1.54, 1.807) is 13.3 Å². The van der Waals surface area contributed by atoms with Crippen LogP contribution in [-0.2, 0) is 11.3 Å². The molecule has 31 heavy (non-hydrogen) atoms. The molecule has 0 radical (unpaired) electrons. The van der Waals surface area contributed by atoms with Crippen LogP contribution in [0.3, 0.4) is 0 Å². The molecule has 0 bridgehead atoms. The van der Waals surface area contributed by atoms with Crippen molar-refractivity contribution in [3.63, 3.8) is 0 Å². The van der Waals surface area contributed by atoms with Gasteiger partial charge in [0.1, 0.15) is 24.4 Å². The monoisotopic (exact) mass is 438 g/mol. The molecule has 3 N–H and O–H groups in total. The molecule has 2 aromatic carbocycles. The lowest BCUT2D eigenvalue weighted by Gasteiger charge is -2.26. The molecule has 2 aliphatic heterocycles. The van der Waals surface area contributed by atoms with Crippen LogP contribution in [0.25, 0.3) is 11.1 Å². The second kappa shape index (κ2) is 8.01. The Morgan fingerprint density at radius 2 is 1.90 bits per heavy atom. The van der Waals surface area contributed by atoms with E-state index in [1.165, 1.54) is 0 Å². The van der Waals surface area contributed by atoms with Crippen LogP contribution in [0.2, 0.25) is 5.02 Å². The highest BCUT2D eigenvalue weighted by Crippen LogP contribution is 2.41. The molecule has 5 rings (SSSR count). The molecule has 1 fully saturated rings. The standard InChI is InChI=1S/C23H23ClN4O3/c1-14-20(29)21(30)23(31-14)28-12-18(15-6-3-2-4-7-15)19-11-27(13-25-22(19)28)26-17-9-5-8-16(24)10-17/h2-10,12-14,20-21,23,26,29-30H,11H2,1H3/t14-,20-,21-,23-/m1/s1. The van der Waals surface area contributed by atoms with Gasteiger partial charge in [0.05, 0.1) is 18.3 Å². The summed E-state index contributed by atoms with van der Waals surface area (Å²) in [5.41, 5.74) is 7.20. The Hall–Kier alpha value is -2.84. The van der Waals surface area contributed by atoms with Gasteiger partial charge in [0.25, 0.3) is 0 Å². The molecular formula is C23H23ClN4O3. The number of benzene rings is 2. The van der Waals surface area contributed by atoms with E-state index in [0.717, 1.165) is 22.4 Å². The van der Waals surface area contributed by atoms with Gasteiger partial charge in [0.15, 0.2) is 6.23 Å². The van der Waals surface area contributed by atoms with Gasteiger partial charge in [-0.25, -0.2) is 4.99 Å². The summed E-state index contributed by atoms with van der Waals surface area (Å²) < 4.78 is 7.69. The largest absolute Gasteiger partial charge is 0.388 e. The molecule has 7 nitrogen and oxygen atoms in total. The minimum atomic E-state index is -1.03. The van der Waals surface area contributed by atoms with Gasteiger partial charge < -0.3 is 19.5 Å². The molecule has 0 unspecified atom stereocenters. The fourth-order valence-electron chi connectivity index (χ4n) is 4.10. The SMILES string of the molecule is C[C@H]1O[C@@H](n2cc(-c3ccccc3)c3c2N=CN(Nc2cccc(Cl)c2)C3)[C@H](O)[C@@H]1O. The third kappa shape index (κ3) is 3.70. The number of aliphatic hydroxyl groups excluding tert-OH is 2. The highest BCUT2D eigenvalue weighted by molar-refractivity contribution is 6.30. The van der Waals surface area contributed by atoms with Crippen LogP contribution >= 0.6 is 11.6 Å². The zero-order valence-corrected chi connectivity index (χ0v) is 17.6. The number of hydrogen-bond acceptors (Lipinski definition) is 6. The van der Waals surface area contributed by atoms with E-state index in [4.69, 9.17) is 16.3 Å². The summed E-state index contributed by atoms with van der Waals surface area (Å²) in [6.45, 7) is 2.30. The maximum atomic E-state index is 10.6. The van der Waals surface area contributed by atoms with Crippen LogP contribution < -0.4 is 5.43 Å². The fraction of sp³-hybridized carbons (Fsp3) is 0.261. The predicted molar refractivity (Wildman–Crippen MR) is 120 cm³/mol. The van der Waals surface area contributed by atoms with Crippen molar-refractivity contribution in [1.82, 2.24) is 9.58 Å². The van der Waals surface area contributed by atoms with E-state index in [9.17, 15) is 10.2 Å². The Kier molecular flexibility index (Phi) is 5.19. The first-order valence-corrected chi connectivity index (χ1v) is 10.5. The molecule has 160 valence electrons. The molecule has 4 atom stereocenters. The second-order valence-electron chi connectivity index (χ2n) is 7.83. The van der Waals surface area contributed by atoms with Crippen molar-refractivity contribution in [2.45, 2.75) is 38.0 Å². The summed E-state index contributed by atoms with van der Waals surface area (Å²) in [6.07, 6.45) is 0.492. The third-order valence-electron chi connectivity index (χ3n) is 5.69. The quantitative estimate of drug-likeness (QED) is 0.574. The van der Waals surface area contributed by atoms with Crippen molar-refractivity contribution in [1.29, 1.82) is 0 Å². The number of hydrogen-bond donors (Lipinski definition) is 3. The average molecular weight is 439 g/mol. The molecule has 1 aromatic heterocycles. The second-order valence-corrected chi connectivity index (χ2v) is 8.26. The molecular weight excluding hydrogens is 416 g/mol. The highest BCUT2D eigenvalue weighted by atomic mass is 35.5. The van der Waals surface area contributed by atoms with E-state index in [1.807, 2.05) is 70.4 Å². The number of halogens is 1. The third-order valence-corrected chi connectivity index (χ3v) is 5.92. The number of aromatic nitrogens is 1. The predicted octanol–water partition coefficient (Wildman–Crippen LogP) is 3.95. The number of nitrogens with zero attached hydrogens (tertiary/aromatic N) is 3. The molecule has 0 saturated carbocycles. The Bertz CT molecular complexity index is 1120. The minimum absolute atomic E-state index is 0.466. The molecule has 0 aliphatic carbocycles. The van der Waals surface area contributed by atoms with Gasteiger partial charge in [-0.3, -0.25) is 10.4 Å². The molecule has 3 aromatic rings. The van der Waals surface area contributed by atoms with Crippen molar-refractivity contribution < 1.29 is 14.9 Å². The minimum Gasteiger partial charge on any atom is -0.388 e. The van der Waals surface area contributed by atoms with Gasteiger partial charge in [-0.15, -0.1) is 0 Å². The molecule has 2 aliphatic rings. The summed E-state index contributed by atoms with van der Waals surface area (Å²) in [5.74, 6) is 0.702. The Morgan fingerprint density at radius 1 is 1.10 bits per heavy atom. The summed E-state index contributed by atoms with van der Waals surface area (Å²) in [4.78, 5) is 4.66. The van der Waals surface area contributed by atoms with Crippen LogP contribution in [0.5, 0.6) is 0 Å². The number of anilines is 1. The van der Waals surface area contributed by atoms with E-state index in [2.05, 4.69) is 10.4 Å². The Morgan fingerprint density at radius 3 is 2.61 bits per heavy atom. The van der Waals surface area contributed by atoms with Crippen LogP contribution in [0.4, 0.5) is 11.5 Å². The Balaban J connectivity index is 1.53. The Labute approximate surface area is 185 Å². The summed E-state index contributed by atoms with van der Waals surface area (Å²) in [5, 5.41) is 23.3. The molecule has 0 spiro atoms. The van der Waals surface area contributed by atoms with E-state index < -0.39 is 24.5 Å². The summed E-state index contributed by atoms with van der Waals surface area (Å²) >= 11 is 6.11. The zero-order valence-electron chi connectivity index (χ0n) is 16.9. The number of hydrazine groups is 1.